The summed E-state index contributed by atoms with van der Waals surface area (Å²) in [5, 5.41) is 0.316. The first-order valence-electron chi connectivity index (χ1n) is 5.47. The number of benzene rings is 1. The molecule has 0 unspecified atom stereocenters. The van der Waals surface area contributed by atoms with Crippen LogP contribution in [0, 0.1) is 5.82 Å². The van der Waals surface area contributed by atoms with E-state index in [0.717, 1.165) is 0 Å². The van der Waals surface area contributed by atoms with Gasteiger partial charge < -0.3 is 4.98 Å². The Morgan fingerprint density at radius 3 is 3.00 bits per heavy atom. The van der Waals surface area contributed by atoms with Crippen molar-refractivity contribution < 1.29 is 4.39 Å². The second-order valence-electron chi connectivity index (χ2n) is 4.01. The molecular formula is C12H8ClFN4O. The summed E-state index contributed by atoms with van der Waals surface area (Å²) >= 11 is 5.68. The second kappa shape index (κ2) is 4.47. The molecule has 0 atom stereocenters. The third kappa shape index (κ3) is 2.10. The summed E-state index contributed by atoms with van der Waals surface area (Å²) in [6.07, 6.45) is 2.74. The minimum atomic E-state index is -0.455. The third-order valence-electron chi connectivity index (χ3n) is 2.77. The molecule has 0 aliphatic rings. The van der Waals surface area contributed by atoms with Gasteiger partial charge in [-0.15, -0.1) is 0 Å². The smallest absolute Gasteiger partial charge is 0.279 e. The Balaban J connectivity index is 2.05. The van der Waals surface area contributed by atoms with E-state index in [1.165, 1.54) is 23.3 Å². The fraction of sp³-hybridized carbons (Fsp3) is 0.0833. The van der Waals surface area contributed by atoms with Gasteiger partial charge in [0, 0.05) is 10.6 Å². The molecule has 0 saturated heterocycles. The first-order valence-corrected chi connectivity index (χ1v) is 5.85. The number of nitrogens with one attached hydrogen (secondary N) is 1. The van der Waals surface area contributed by atoms with Gasteiger partial charge in [-0.1, -0.05) is 17.7 Å². The van der Waals surface area contributed by atoms with Gasteiger partial charge in [-0.25, -0.2) is 14.4 Å². The van der Waals surface area contributed by atoms with E-state index >= 15 is 0 Å². The minimum Gasteiger partial charge on any atom is -0.339 e. The maximum atomic E-state index is 13.7. The van der Waals surface area contributed by atoms with Crippen molar-refractivity contribution in [3.63, 3.8) is 0 Å². The van der Waals surface area contributed by atoms with Crippen molar-refractivity contribution in [1.29, 1.82) is 0 Å². The molecular weight excluding hydrogens is 271 g/mol. The molecule has 0 spiro atoms. The molecule has 3 aromatic rings. The lowest BCUT2D eigenvalue weighted by atomic mass is 10.2. The highest BCUT2D eigenvalue weighted by molar-refractivity contribution is 6.30. The lowest BCUT2D eigenvalue weighted by molar-refractivity contribution is 0.595. The molecule has 2 aromatic heterocycles. The van der Waals surface area contributed by atoms with Gasteiger partial charge in [-0.05, 0) is 12.1 Å². The number of hydrogen-bond acceptors (Lipinski definition) is 3. The Morgan fingerprint density at radius 1 is 1.37 bits per heavy atom. The third-order valence-corrected chi connectivity index (χ3v) is 3.00. The van der Waals surface area contributed by atoms with E-state index < -0.39 is 5.82 Å². The molecule has 3 rings (SSSR count). The van der Waals surface area contributed by atoms with Crippen LogP contribution >= 0.6 is 11.6 Å². The number of halogens is 2. The van der Waals surface area contributed by atoms with Crippen LogP contribution in [0.3, 0.4) is 0 Å². The fourth-order valence-corrected chi connectivity index (χ4v) is 1.97. The molecule has 0 saturated carbocycles. The van der Waals surface area contributed by atoms with Gasteiger partial charge in [-0.2, -0.15) is 0 Å². The largest absolute Gasteiger partial charge is 0.339 e. The highest BCUT2D eigenvalue weighted by Gasteiger charge is 2.09. The van der Waals surface area contributed by atoms with Gasteiger partial charge >= 0.3 is 0 Å². The van der Waals surface area contributed by atoms with Crippen molar-refractivity contribution in [2.75, 3.05) is 0 Å². The summed E-state index contributed by atoms with van der Waals surface area (Å²) in [6, 6.07) is 4.33. The van der Waals surface area contributed by atoms with Crippen LogP contribution in [-0.2, 0) is 6.54 Å². The molecule has 96 valence electrons. The number of aromatic nitrogens is 4. The SMILES string of the molecule is O=c1c2[nH]cnc2ncn1Cc1ccc(Cl)cc1F. The number of aromatic amines is 1. The molecule has 1 aromatic carbocycles. The van der Waals surface area contributed by atoms with Crippen molar-refractivity contribution in [2.24, 2.45) is 0 Å². The normalized spacial score (nSPS) is 11.1. The van der Waals surface area contributed by atoms with Crippen molar-refractivity contribution in [3.05, 3.63) is 57.6 Å². The molecule has 7 heteroatoms. The standard InChI is InChI=1S/C12H8ClFN4O/c13-8-2-1-7(9(14)3-8)4-18-6-17-11-10(12(18)19)15-5-16-11/h1-3,5-6H,4H2,(H,15,16). The maximum absolute atomic E-state index is 13.7. The Hall–Kier alpha value is -2.21. The molecule has 0 fully saturated rings. The van der Waals surface area contributed by atoms with Crippen molar-refractivity contribution in [1.82, 2.24) is 19.5 Å². The molecule has 0 bridgehead atoms. The van der Waals surface area contributed by atoms with Crippen molar-refractivity contribution in [2.45, 2.75) is 6.54 Å². The Labute approximate surface area is 111 Å². The number of nitrogens with zero attached hydrogens (tertiary/aromatic N) is 3. The van der Waals surface area contributed by atoms with E-state index in [1.54, 1.807) is 12.1 Å². The first-order chi connectivity index (χ1) is 9.15. The van der Waals surface area contributed by atoms with Crippen LogP contribution in [-0.4, -0.2) is 19.5 Å². The quantitative estimate of drug-likeness (QED) is 0.779. The highest BCUT2D eigenvalue weighted by Crippen LogP contribution is 2.15. The van der Waals surface area contributed by atoms with E-state index in [0.29, 0.717) is 21.7 Å². The second-order valence-corrected chi connectivity index (χ2v) is 4.45. The van der Waals surface area contributed by atoms with Crippen LogP contribution in [0.25, 0.3) is 11.2 Å². The highest BCUT2D eigenvalue weighted by atomic mass is 35.5. The number of H-pyrrole nitrogens is 1. The van der Waals surface area contributed by atoms with E-state index in [-0.39, 0.29) is 12.1 Å². The average molecular weight is 279 g/mol. The van der Waals surface area contributed by atoms with Gasteiger partial charge in [0.25, 0.3) is 5.56 Å². The van der Waals surface area contributed by atoms with E-state index in [1.807, 2.05) is 0 Å². The summed E-state index contributed by atoms with van der Waals surface area (Å²) in [7, 11) is 0. The molecule has 19 heavy (non-hydrogen) atoms. The van der Waals surface area contributed by atoms with E-state index in [2.05, 4.69) is 15.0 Å². The maximum Gasteiger partial charge on any atom is 0.279 e. The Morgan fingerprint density at radius 2 is 2.21 bits per heavy atom. The summed E-state index contributed by atoms with van der Waals surface area (Å²) in [4.78, 5) is 22.7. The van der Waals surface area contributed by atoms with Crippen LogP contribution in [0.4, 0.5) is 4.39 Å². The van der Waals surface area contributed by atoms with E-state index in [4.69, 9.17) is 11.6 Å². The summed E-state index contributed by atoms with van der Waals surface area (Å²) in [6.45, 7) is 0.0871. The molecule has 1 N–H and O–H groups in total. The number of imidazole rings is 1. The van der Waals surface area contributed by atoms with Gasteiger partial charge in [0.05, 0.1) is 12.9 Å². The average Bonchev–Trinajstić information content (AvgIpc) is 2.85. The van der Waals surface area contributed by atoms with Gasteiger partial charge in [0.15, 0.2) is 11.2 Å². The van der Waals surface area contributed by atoms with Crippen LogP contribution in [0.2, 0.25) is 5.02 Å². The first kappa shape index (κ1) is 11.9. The molecule has 5 nitrogen and oxygen atoms in total. The van der Waals surface area contributed by atoms with Crippen LogP contribution in [0.1, 0.15) is 5.56 Å². The lowest BCUT2D eigenvalue weighted by Crippen LogP contribution is -2.21. The monoisotopic (exact) mass is 278 g/mol. The zero-order valence-electron chi connectivity index (χ0n) is 9.60. The van der Waals surface area contributed by atoms with Crippen LogP contribution in [0.15, 0.2) is 35.6 Å². The van der Waals surface area contributed by atoms with Crippen molar-refractivity contribution in [3.8, 4) is 0 Å². The topological polar surface area (TPSA) is 63.6 Å². The van der Waals surface area contributed by atoms with Crippen molar-refractivity contribution >= 4 is 22.8 Å². The number of hydrogen-bond donors (Lipinski definition) is 1. The van der Waals surface area contributed by atoms with Gasteiger partial charge in [-0.3, -0.25) is 9.36 Å². The molecule has 0 amide bonds. The van der Waals surface area contributed by atoms with Gasteiger partial charge in [0.2, 0.25) is 0 Å². The zero-order valence-corrected chi connectivity index (χ0v) is 10.4. The Bertz CT molecular complexity index is 811. The summed E-state index contributed by atoms with van der Waals surface area (Å²) < 4.78 is 15.0. The van der Waals surface area contributed by atoms with Gasteiger partial charge in [0.1, 0.15) is 12.1 Å². The summed E-state index contributed by atoms with van der Waals surface area (Å²) in [5.74, 6) is -0.455. The fourth-order valence-electron chi connectivity index (χ4n) is 1.81. The number of fused-ring (bicyclic) bond motifs is 1. The minimum absolute atomic E-state index is 0.0871. The van der Waals surface area contributed by atoms with E-state index in [9.17, 15) is 9.18 Å². The molecule has 0 radical (unpaired) electrons. The molecule has 2 heterocycles. The number of rotatable bonds is 2. The predicted molar refractivity (Wildman–Crippen MR) is 68.7 cm³/mol. The molecule has 0 aliphatic heterocycles. The Kier molecular flexibility index (Phi) is 2.79. The molecule has 0 aliphatic carbocycles. The van der Waals surface area contributed by atoms with Crippen LogP contribution in [0.5, 0.6) is 0 Å². The van der Waals surface area contributed by atoms with Crippen LogP contribution < -0.4 is 5.56 Å². The zero-order chi connectivity index (χ0) is 13.4. The predicted octanol–water partition coefficient (Wildman–Crippen LogP) is 1.96. The lowest BCUT2D eigenvalue weighted by Gasteiger charge is -2.06. The summed E-state index contributed by atoms with van der Waals surface area (Å²) in [5.41, 5.74) is 0.721.